The second-order valence-corrected chi connectivity index (χ2v) is 7.46. The van der Waals surface area contributed by atoms with Gasteiger partial charge in [0.15, 0.2) is 0 Å². The summed E-state index contributed by atoms with van der Waals surface area (Å²) >= 11 is 0. The third kappa shape index (κ3) is 6.02. The van der Waals surface area contributed by atoms with Crippen LogP contribution in [-0.4, -0.2) is 17.6 Å². The molecule has 0 aromatic heterocycles. The summed E-state index contributed by atoms with van der Waals surface area (Å²) in [6.07, 6.45) is 14.3. The van der Waals surface area contributed by atoms with Crippen molar-refractivity contribution >= 4 is 5.91 Å². The maximum absolute atomic E-state index is 12.9. The molecular weight excluding hydrogens is 360 g/mol. The van der Waals surface area contributed by atoms with Crippen LogP contribution in [0.1, 0.15) is 53.9 Å². The molecule has 0 bridgehead atoms. The molecule has 2 N–H and O–H groups in total. The molecule has 1 heterocycles. The van der Waals surface area contributed by atoms with Crippen LogP contribution in [-0.2, 0) is 9.53 Å². The lowest BCUT2D eigenvalue weighted by Gasteiger charge is -2.25. The average molecular weight is 393 g/mol. The Balaban J connectivity index is 2.11. The second kappa shape index (κ2) is 10.0. The van der Waals surface area contributed by atoms with Crippen molar-refractivity contribution in [3.05, 3.63) is 71.3 Å². The van der Waals surface area contributed by atoms with Crippen LogP contribution in [0.25, 0.3) is 0 Å². The molecule has 1 amide bonds. The zero-order valence-electron chi connectivity index (χ0n) is 18.2. The Labute approximate surface area is 175 Å². The minimum absolute atomic E-state index is 0.0785. The highest BCUT2D eigenvalue weighted by Crippen LogP contribution is 2.43. The molecule has 0 spiro atoms. The number of carbonyl (C=O) groups excluding carboxylic acids is 1. The van der Waals surface area contributed by atoms with Crippen LogP contribution < -0.4 is 10.6 Å². The van der Waals surface area contributed by atoms with Gasteiger partial charge in [0.1, 0.15) is 11.5 Å². The first-order valence-electron chi connectivity index (χ1n) is 10.1. The number of rotatable bonds is 7. The van der Waals surface area contributed by atoms with Crippen molar-refractivity contribution in [3.8, 4) is 11.8 Å². The Morgan fingerprint density at radius 2 is 2.10 bits per heavy atom. The lowest BCUT2D eigenvalue weighted by atomic mass is 10.0. The molecule has 0 saturated heterocycles. The molecule has 1 aliphatic heterocycles. The predicted molar refractivity (Wildman–Crippen MR) is 119 cm³/mol. The Kier molecular flexibility index (Phi) is 7.73. The van der Waals surface area contributed by atoms with Gasteiger partial charge in [-0.15, -0.1) is 5.92 Å². The Hall–Kier alpha value is -2.93. The lowest BCUT2D eigenvalue weighted by Crippen LogP contribution is -2.42. The van der Waals surface area contributed by atoms with Crippen LogP contribution in [0.5, 0.6) is 0 Å². The molecule has 29 heavy (non-hydrogen) atoms. The molecule has 1 fully saturated rings. The van der Waals surface area contributed by atoms with Crippen LogP contribution in [0.3, 0.4) is 0 Å². The Morgan fingerprint density at radius 1 is 1.38 bits per heavy atom. The minimum Gasteiger partial charge on any atom is -0.492 e. The summed E-state index contributed by atoms with van der Waals surface area (Å²) < 4.78 is 5.63. The first kappa shape index (κ1) is 22.4. The molecule has 0 aromatic rings. The number of hydrogen-bond acceptors (Lipinski definition) is 3. The monoisotopic (exact) mass is 392 g/mol. The average Bonchev–Trinajstić information content (AvgIpc) is 3.45. The standard InChI is InChI=1S/C25H32N2O2/c1-7-10-11-12-21(8-2)25(15-16-25)27-24(28)23-14-13-20(22(9-3)26-23)17-19(6)29-18(4)5/h8-9,11-12,14,17-18,26H,6,13,15-16H2,1-5H3,(H,27,28)/b12-11-,20-17-,21-8+,22-9+. The molecule has 1 aliphatic carbocycles. The molecule has 4 nitrogen and oxygen atoms in total. The van der Waals surface area contributed by atoms with Gasteiger partial charge in [-0.2, -0.15) is 0 Å². The first-order chi connectivity index (χ1) is 13.8. The molecule has 0 unspecified atom stereocenters. The van der Waals surface area contributed by atoms with Gasteiger partial charge in [0.25, 0.3) is 5.91 Å². The van der Waals surface area contributed by atoms with Crippen molar-refractivity contribution in [1.82, 2.24) is 10.6 Å². The van der Waals surface area contributed by atoms with Crippen LogP contribution >= 0.6 is 0 Å². The van der Waals surface area contributed by atoms with Gasteiger partial charge >= 0.3 is 0 Å². The molecule has 0 radical (unpaired) electrons. The highest BCUT2D eigenvalue weighted by molar-refractivity contribution is 5.95. The number of nitrogens with one attached hydrogen (secondary N) is 2. The van der Waals surface area contributed by atoms with Crippen molar-refractivity contribution in [2.75, 3.05) is 0 Å². The fourth-order valence-electron chi connectivity index (χ4n) is 3.32. The topological polar surface area (TPSA) is 50.4 Å². The summed E-state index contributed by atoms with van der Waals surface area (Å²) in [6, 6.07) is 0. The largest absolute Gasteiger partial charge is 0.492 e. The minimum atomic E-state index is -0.286. The van der Waals surface area contributed by atoms with Crippen LogP contribution in [0, 0.1) is 11.8 Å². The molecule has 1 saturated carbocycles. The molecule has 0 atom stereocenters. The number of amides is 1. The van der Waals surface area contributed by atoms with E-state index in [1.54, 1.807) is 6.92 Å². The van der Waals surface area contributed by atoms with Gasteiger partial charge in [0.2, 0.25) is 0 Å². The Bertz CT molecular complexity index is 866. The van der Waals surface area contributed by atoms with Crippen molar-refractivity contribution < 1.29 is 9.53 Å². The maximum atomic E-state index is 12.9. The summed E-state index contributed by atoms with van der Waals surface area (Å²) in [6.45, 7) is 13.6. The van der Waals surface area contributed by atoms with E-state index >= 15 is 0 Å². The maximum Gasteiger partial charge on any atom is 0.268 e. The molecular formula is C25H32N2O2. The Morgan fingerprint density at radius 3 is 2.66 bits per heavy atom. The van der Waals surface area contributed by atoms with E-state index in [2.05, 4.69) is 29.1 Å². The van der Waals surface area contributed by atoms with Crippen molar-refractivity contribution in [2.24, 2.45) is 0 Å². The molecule has 2 rings (SSSR count). The van der Waals surface area contributed by atoms with E-state index < -0.39 is 0 Å². The zero-order valence-corrected chi connectivity index (χ0v) is 18.2. The van der Waals surface area contributed by atoms with Gasteiger partial charge in [-0.3, -0.25) is 4.79 Å². The van der Waals surface area contributed by atoms with Gasteiger partial charge in [0, 0.05) is 5.70 Å². The lowest BCUT2D eigenvalue weighted by molar-refractivity contribution is -0.118. The van der Waals surface area contributed by atoms with E-state index in [0.717, 1.165) is 29.7 Å². The summed E-state index contributed by atoms with van der Waals surface area (Å²) in [5, 5.41) is 6.47. The van der Waals surface area contributed by atoms with Gasteiger partial charge < -0.3 is 15.4 Å². The van der Waals surface area contributed by atoms with Crippen molar-refractivity contribution in [3.63, 3.8) is 0 Å². The van der Waals surface area contributed by atoms with E-state index in [-0.39, 0.29) is 17.6 Å². The summed E-state index contributed by atoms with van der Waals surface area (Å²) in [5.41, 5.74) is 3.33. The first-order valence-corrected chi connectivity index (χ1v) is 10.1. The van der Waals surface area contributed by atoms with Crippen LogP contribution in [0.2, 0.25) is 0 Å². The smallest absolute Gasteiger partial charge is 0.268 e. The van der Waals surface area contributed by atoms with Crippen LogP contribution in [0.15, 0.2) is 71.3 Å². The number of carbonyl (C=O) groups is 1. The third-order valence-corrected chi connectivity index (χ3v) is 4.85. The normalized spacial score (nSPS) is 20.8. The van der Waals surface area contributed by atoms with E-state index in [4.69, 9.17) is 4.74 Å². The van der Waals surface area contributed by atoms with E-state index in [1.165, 1.54) is 0 Å². The van der Waals surface area contributed by atoms with Crippen LogP contribution in [0.4, 0.5) is 0 Å². The summed E-state index contributed by atoms with van der Waals surface area (Å²) in [7, 11) is 0. The fraction of sp³-hybridized carbons (Fsp3) is 0.400. The summed E-state index contributed by atoms with van der Waals surface area (Å²) in [5.74, 6) is 6.32. The number of ether oxygens (including phenoxy) is 1. The van der Waals surface area contributed by atoms with Gasteiger partial charge in [-0.25, -0.2) is 0 Å². The van der Waals surface area contributed by atoms with Crippen molar-refractivity contribution in [2.45, 2.75) is 65.5 Å². The molecule has 2 aliphatic rings. The van der Waals surface area contributed by atoms with Crippen molar-refractivity contribution in [1.29, 1.82) is 0 Å². The van der Waals surface area contributed by atoms with Gasteiger partial charge in [0.05, 0.1) is 11.6 Å². The number of allylic oxidation sites excluding steroid dienone is 6. The summed E-state index contributed by atoms with van der Waals surface area (Å²) in [4.78, 5) is 12.9. The highest BCUT2D eigenvalue weighted by atomic mass is 16.5. The third-order valence-electron chi connectivity index (χ3n) is 4.85. The predicted octanol–water partition coefficient (Wildman–Crippen LogP) is 4.81. The second-order valence-electron chi connectivity index (χ2n) is 7.46. The van der Waals surface area contributed by atoms with Gasteiger partial charge in [-0.05, 0) is 83.3 Å². The fourth-order valence-corrected chi connectivity index (χ4v) is 3.32. The SMILES string of the molecule is C=C(/C=C1/CC=C(C(=O)NC2(C(/C=C\C#CC)=C/C)CC2)N/C1=C/C)OC(C)C. The molecule has 0 aromatic carbocycles. The molecule has 154 valence electrons. The molecule has 4 heteroatoms. The van der Waals surface area contributed by atoms with E-state index in [1.807, 2.05) is 64.2 Å². The van der Waals surface area contributed by atoms with Gasteiger partial charge in [-0.1, -0.05) is 30.7 Å². The van der Waals surface area contributed by atoms with E-state index in [0.29, 0.717) is 17.9 Å². The highest BCUT2D eigenvalue weighted by Gasteiger charge is 2.46. The number of hydrogen-bond donors (Lipinski definition) is 2. The quantitative estimate of drug-likeness (QED) is 0.371. The van der Waals surface area contributed by atoms with E-state index in [9.17, 15) is 4.79 Å². The zero-order chi connectivity index (χ0) is 21.4.